The number of carboxylic acid groups (broad SMARTS) is 1. The zero-order chi connectivity index (χ0) is 14.2. The van der Waals surface area contributed by atoms with Crippen LogP contribution in [0.3, 0.4) is 0 Å². The van der Waals surface area contributed by atoms with Gasteiger partial charge >= 0.3 is 5.97 Å². The van der Waals surface area contributed by atoms with E-state index >= 15 is 0 Å². The molecule has 1 heterocycles. The van der Waals surface area contributed by atoms with E-state index < -0.39 is 11.9 Å². The molecule has 0 bridgehead atoms. The minimum atomic E-state index is -1.09. The first-order chi connectivity index (χ1) is 8.90. The Morgan fingerprint density at radius 2 is 2.05 bits per heavy atom. The van der Waals surface area contributed by atoms with Gasteiger partial charge in [0, 0.05) is 10.9 Å². The Morgan fingerprint density at radius 3 is 2.58 bits per heavy atom. The molecule has 1 amide bonds. The Bertz CT molecular complexity index is 702. The summed E-state index contributed by atoms with van der Waals surface area (Å²) in [6, 6.07) is 4.59. The summed E-state index contributed by atoms with van der Waals surface area (Å²) in [5.41, 5.74) is 6.01. The lowest BCUT2D eigenvalue weighted by molar-refractivity contribution is -0.137. The number of hydrogen-bond donors (Lipinski definition) is 2. The molecule has 98 valence electrons. The molecule has 0 saturated heterocycles. The molecular weight excluding hydrogens is 250 g/mol. The summed E-state index contributed by atoms with van der Waals surface area (Å²) in [5.74, 6) is -2.02. The summed E-state index contributed by atoms with van der Waals surface area (Å²) in [4.78, 5) is 33.4. The monoisotopic (exact) mass is 261 g/mol. The van der Waals surface area contributed by atoms with Crippen LogP contribution in [-0.2, 0) is 11.3 Å². The molecule has 2 aromatic rings. The van der Waals surface area contributed by atoms with Crippen LogP contribution in [0.15, 0.2) is 18.2 Å². The van der Waals surface area contributed by atoms with Crippen molar-refractivity contribution in [1.29, 1.82) is 0 Å². The fraction of sp³-hybridized carbons (Fsp3) is 0.167. The number of carbonyl (C=O) groups is 3. The molecule has 0 radical (unpaired) electrons. The van der Waals surface area contributed by atoms with Gasteiger partial charge in [0.25, 0.3) is 5.91 Å². The van der Waals surface area contributed by atoms with E-state index in [2.05, 4.69) is 5.10 Å². The summed E-state index contributed by atoms with van der Waals surface area (Å²) in [6.07, 6.45) is 0. The van der Waals surface area contributed by atoms with Crippen LogP contribution in [0.1, 0.15) is 27.8 Å². The average molecular weight is 261 g/mol. The van der Waals surface area contributed by atoms with E-state index in [1.165, 1.54) is 17.7 Å². The van der Waals surface area contributed by atoms with Crippen molar-refractivity contribution in [2.45, 2.75) is 13.5 Å². The van der Waals surface area contributed by atoms with Crippen LogP contribution in [0.25, 0.3) is 10.9 Å². The number of ketones is 1. The van der Waals surface area contributed by atoms with Crippen LogP contribution >= 0.6 is 0 Å². The van der Waals surface area contributed by atoms with Crippen LogP contribution in [0.4, 0.5) is 0 Å². The highest BCUT2D eigenvalue weighted by atomic mass is 16.4. The van der Waals surface area contributed by atoms with Gasteiger partial charge in [0.2, 0.25) is 0 Å². The largest absolute Gasteiger partial charge is 0.480 e. The SMILES string of the molecule is CC(=O)c1ccc2c(c1)c(C(N)=O)nn2CC(=O)O. The highest BCUT2D eigenvalue weighted by Crippen LogP contribution is 2.20. The van der Waals surface area contributed by atoms with Crippen molar-refractivity contribution in [3.63, 3.8) is 0 Å². The number of fused-ring (bicyclic) bond motifs is 1. The van der Waals surface area contributed by atoms with Crippen molar-refractivity contribution >= 4 is 28.6 Å². The van der Waals surface area contributed by atoms with E-state index in [9.17, 15) is 14.4 Å². The van der Waals surface area contributed by atoms with Crippen LogP contribution in [0, 0.1) is 0 Å². The Hall–Kier alpha value is -2.70. The summed E-state index contributed by atoms with van der Waals surface area (Å²) >= 11 is 0. The van der Waals surface area contributed by atoms with Crippen LogP contribution < -0.4 is 5.73 Å². The van der Waals surface area contributed by atoms with Crippen LogP contribution in [-0.4, -0.2) is 32.5 Å². The molecule has 19 heavy (non-hydrogen) atoms. The van der Waals surface area contributed by atoms with E-state index in [4.69, 9.17) is 10.8 Å². The first-order valence-electron chi connectivity index (χ1n) is 5.43. The average Bonchev–Trinajstić information content (AvgIpc) is 2.66. The maximum atomic E-state index is 11.3. The molecule has 0 aliphatic carbocycles. The molecule has 0 aliphatic rings. The molecule has 0 saturated carbocycles. The lowest BCUT2D eigenvalue weighted by Gasteiger charge is -1.99. The maximum Gasteiger partial charge on any atom is 0.325 e. The fourth-order valence-electron chi connectivity index (χ4n) is 1.83. The molecule has 2 rings (SSSR count). The van der Waals surface area contributed by atoms with Crippen molar-refractivity contribution < 1.29 is 19.5 Å². The number of Topliss-reactive ketones (excluding diaryl/α,β-unsaturated/α-hetero) is 1. The number of benzene rings is 1. The van der Waals surface area contributed by atoms with Gasteiger partial charge < -0.3 is 10.8 Å². The third-order valence-corrected chi connectivity index (χ3v) is 2.68. The molecule has 0 atom stereocenters. The number of rotatable bonds is 4. The molecule has 1 aromatic carbocycles. The minimum Gasteiger partial charge on any atom is -0.480 e. The lowest BCUT2D eigenvalue weighted by atomic mass is 10.1. The molecule has 0 unspecified atom stereocenters. The first-order valence-corrected chi connectivity index (χ1v) is 5.43. The van der Waals surface area contributed by atoms with Gasteiger partial charge in [-0.25, -0.2) is 0 Å². The lowest BCUT2D eigenvalue weighted by Crippen LogP contribution is -2.14. The maximum absolute atomic E-state index is 11.3. The summed E-state index contributed by atoms with van der Waals surface area (Å²) in [7, 11) is 0. The van der Waals surface area contributed by atoms with Crippen molar-refractivity contribution in [2.75, 3.05) is 0 Å². The van der Waals surface area contributed by atoms with Gasteiger partial charge in [0.1, 0.15) is 6.54 Å². The van der Waals surface area contributed by atoms with Crippen molar-refractivity contribution in [3.8, 4) is 0 Å². The number of nitrogens with two attached hydrogens (primary N) is 1. The zero-order valence-corrected chi connectivity index (χ0v) is 10.1. The summed E-state index contributed by atoms with van der Waals surface area (Å²) in [5, 5.41) is 13.0. The number of nitrogens with zero attached hydrogens (tertiary/aromatic N) is 2. The molecule has 7 heteroatoms. The molecule has 0 spiro atoms. The Labute approximate surface area is 107 Å². The number of aliphatic carboxylic acids is 1. The van der Waals surface area contributed by atoms with Crippen molar-refractivity contribution in [2.24, 2.45) is 5.73 Å². The van der Waals surface area contributed by atoms with Crippen molar-refractivity contribution in [1.82, 2.24) is 9.78 Å². The quantitative estimate of drug-likeness (QED) is 0.774. The standard InChI is InChI=1S/C12H11N3O4/c1-6(16)7-2-3-9-8(4-7)11(12(13)19)14-15(9)5-10(17)18/h2-4H,5H2,1H3,(H2,13,19)(H,17,18). The van der Waals surface area contributed by atoms with E-state index in [1.807, 2.05) is 0 Å². The number of carboxylic acids is 1. The van der Waals surface area contributed by atoms with Gasteiger partial charge in [-0.05, 0) is 25.1 Å². The topological polar surface area (TPSA) is 115 Å². The Balaban J connectivity index is 2.71. The zero-order valence-electron chi connectivity index (χ0n) is 10.1. The normalized spacial score (nSPS) is 10.6. The molecule has 1 aromatic heterocycles. The van der Waals surface area contributed by atoms with Crippen LogP contribution in [0.2, 0.25) is 0 Å². The fourth-order valence-corrected chi connectivity index (χ4v) is 1.83. The Morgan fingerprint density at radius 1 is 1.37 bits per heavy atom. The predicted molar refractivity (Wildman–Crippen MR) is 65.9 cm³/mol. The number of carbonyl (C=O) groups excluding carboxylic acids is 2. The van der Waals surface area contributed by atoms with Gasteiger partial charge in [-0.3, -0.25) is 19.1 Å². The second-order valence-corrected chi connectivity index (χ2v) is 4.05. The number of hydrogen-bond acceptors (Lipinski definition) is 4. The number of aromatic nitrogens is 2. The third kappa shape index (κ3) is 2.30. The van der Waals surface area contributed by atoms with Gasteiger partial charge in [0.05, 0.1) is 5.52 Å². The van der Waals surface area contributed by atoms with E-state index in [-0.39, 0.29) is 18.0 Å². The number of amides is 1. The van der Waals surface area contributed by atoms with E-state index in [0.717, 1.165) is 0 Å². The van der Waals surface area contributed by atoms with Crippen LogP contribution in [0.5, 0.6) is 0 Å². The highest BCUT2D eigenvalue weighted by Gasteiger charge is 2.17. The minimum absolute atomic E-state index is 0.0423. The van der Waals surface area contributed by atoms with E-state index in [1.54, 1.807) is 12.1 Å². The molecule has 0 fully saturated rings. The van der Waals surface area contributed by atoms with E-state index in [0.29, 0.717) is 16.5 Å². The third-order valence-electron chi connectivity index (χ3n) is 2.68. The van der Waals surface area contributed by atoms with Crippen molar-refractivity contribution in [3.05, 3.63) is 29.5 Å². The Kier molecular flexibility index (Phi) is 3.04. The second kappa shape index (κ2) is 4.52. The van der Waals surface area contributed by atoms with Gasteiger partial charge in [0.15, 0.2) is 11.5 Å². The van der Waals surface area contributed by atoms with Gasteiger partial charge in [-0.1, -0.05) is 0 Å². The summed E-state index contributed by atoms with van der Waals surface area (Å²) < 4.78 is 1.17. The predicted octanol–water partition coefficient (Wildman–Crippen LogP) is 0.422. The van der Waals surface area contributed by atoms with Gasteiger partial charge in [-0.15, -0.1) is 0 Å². The highest BCUT2D eigenvalue weighted by molar-refractivity contribution is 6.07. The number of primary amides is 1. The first kappa shape index (κ1) is 12.7. The smallest absolute Gasteiger partial charge is 0.325 e. The molecule has 3 N–H and O–H groups in total. The molecule has 7 nitrogen and oxygen atoms in total. The molecular formula is C12H11N3O4. The summed E-state index contributed by atoms with van der Waals surface area (Å²) in [6.45, 7) is 1.01. The second-order valence-electron chi connectivity index (χ2n) is 4.05. The molecule has 0 aliphatic heterocycles. The van der Waals surface area contributed by atoms with Gasteiger partial charge in [-0.2, -0.15) is 5.10 Å².